The molecular weight excluding hydrogens is 228 g/mol. The Balaban J connectivity index is 2.73. The SMILES string of the molecule is COC(CCBr)c1ccc(C)cc1. The number of ether oxygens (including phenoxy) is 1. The van der Waals surface area contributed by atoms with Crippen molar-refractivity contribution >= 4 is 15.9 Å². The highest BCUT2D eigenvalue weighted by atomic mass is 79.9. The van der Waals surface area contributed by atoms with E-state index in [0.717, 1.165) is 11.8 Å². The van der Waals surface area contributed by atoms with Gasteiger partial charge in [-0.15, -0.1) is 0 Å². The minimum absolute atomic E-state index is 0.222. The second-order valence-electron chi connectivity index (χ2n) is 3.11. The summed E-state index contributed by atoms with van der Waals surface area (Å²) in [6.07, 6.45) is 1.24. The second-order valence-corrected chi connectivity index (χ2v) is 3.91. The van der Waals surface area contributed by atoms with E-state index in [1.54, 1.807) is 7.11 Å². The fourth-order valence-corrected chi connectivity index (χ4v) is 1.72. The van der Waals surface area contributed by atoms with Crippen LogP contribution in [0.1, 0.15) is 23.7 Å². The third-order valence-corrected chi connectivity index (χ3v) is 2.56. The van der Waals surface area contributed by atoms with Crippen molar-refractivity contribution in [3.8, 4) is 0 Å². The van der Waals surface area contributed by atoms with Crippen LogP contribution in [0.2, 0.25) is 0 Å². The molecule has 0 aliphatic rings. The van der Waals surface area contributed by atoms with Crippen LogP contribution < -0.4 is 0 Å². The molecule has 0 saturated heterocycles. The molecule has 0 radical (unpaired) electrons. The third kappa shape index (κ3) is 3.12. The van der Waals surface area contributed by atoms with Crippen LogP contribution in [0, 0.1) is 6.92 Å². The van der Waals surface area contributed by atoms with Gasteiger partial charge in [0.05, 0.1) is 6.10 Å². The summed E-state index contributed by atoms with van der Waals surface area (Å²) < 4.78 is 5.39. The van der Waals surface area contributed by atoms with Gasteiger partial charge in [0, 0.05) is 12.4 Å². The molecule has 0 fully saturated rings. The first-order valence-corrected chi connectivity index (χ1v) is 5.55. The highest BCUT2D eigenvalue weighted by Gasteiger charge is 2.08. The van der Waals surface area contributed by atoms with Crippen LogP contribution in [0.5, 0.6) is 0 Å². The van der Waals surface area contributed by atoms with Crippen LogP contribution in [0.15, 0.2) is 24.3 Å². The molecule has 0 bridgehead atoms. The molecule has 1 aromatic carbocycles. The van der Waals surface area contributed by atoms with Crippen molar-refractivity contribution in [2.45, 2.75) is 19.4 Å². The average Bonchev–Trinajstić information content (AvgIpc) is 2.16. The number of benzene rings is 1. The highest BCUT2D eigenvalue weighted by Crippen LogP contribution is 2.21. The molecule has 13 heavy (non-hydrogen) atoms. The maximum atomic E-state index is 5.39. The summed E-state index contributed by atoms with van der Waals surface area (Å²) in [5.74, 6) is 0. The summed E-state index contributed by atoms with van der Waals surface area (Å²) in [6.45, 7) is 2.09. The maximum absolute atomic E-state index is 5.39. The van der Waals surface area contributed by atoms with Gasteiger partial charge in [-0.25, -0.2) is 0 Å². The molecule has 0 saturated carbocycles. The van der Waals surface area contributed by atoms with Gasteiger partial charge < -0.3 is 4.74 Å². The second kappa shape index (κ2) is 5.40. The highest BCUT2D eigenvalue weighted by molar-refractivity contribution is 9.09. The van der Waals surface area contributed by atoms with Gasteiger partial charge in [0.15, 0.2) is 0 Å². The van der Waals surface area contributed by atoms with E-state index in [9.17, 15) is 0 Å². The molecular formula is C11H15BrO. The quantitative estimate of drug-likeness (QED) is 0.736. The van der Waals surface area contributed by atoms with Crippen molar-refractivity contribution in [2.75, 3.05) is 12.4 Å². The minimum Gasteiger partial charge on any atom is -0.377 e. The largest absolute Gasteiger partial charge is 0.377 e. The number of hydrogen-bond acceptors (Lipinski definition) is 1. The van der Waals surface area contributed by atoms with E-state index in [4.69, 9.17) is 4.74 Å². The molecule has 0 spiro atoms. The zero-order valence-corrected chi connectivity index (χ0v) is 9.67. The van der Waals surface area contributed by atoms with Crippen molar-refractivity contribution in [3.63, 3.8) is 0 Å². The first-order valence-electron chi connectivity index (χ1n) is 4.43. The number of hydrogen-bond donors (Lipinski definition) is 0. The number of halogens is 1. The van der Waals surface area contributed by atoms with Crippen LogP contribution >= 0.6 is 15.9 Å². The van der Waals surface area contributed by atoms with Crippen molar-refractivity contribution in [1.82, 2.24) is 0 Å². The van der Waals surface area contributed by atoms with Gasteiger partial charge in [0.1, 0.15) is 0 Å². The standard InChI is InChI=1S/C11H15BrO/c1-9-3-5-10(6-4-9)11(13-2)7-8-12/h3-6,11H,7-8H2,1-2H3. The van der Waals surface area contributed by atoms with E-state index in [1.807, 2.05) is 0 Å². The van der Waals surface area contributed by atoms with E-state index in [2.05, 4.69) is 47.1 Å². The van der Waals surface area contributed by atoms with E-state index in [-0.39, 0.29) is 6.10 Å². The monoisotopic (exact) mass is 242 g/mol. The van der Waals surface area contributed by atoms with Gasteiger partial charge in [-0.3, -0.25) is 0 Å². The summed E-state index contributed by atoms with van der Waals surface area (Å²) in [5, 5.41) is 0.972. The number of alkyl halides is 1. The van der Waals surface area contributed by atoms with Gasteiger partial charge in [0.25, 0.3) is 0 Å². The van der Waals surface area contributed by atoms with Crippen LogP contribution in [-0.4, -0.2) is 12.4 Å². The fraction of sp³-hybridized carbons (Fsp3) is 0.455. The van der Waals surface area contributed by atoms with Crippen LogP contribution in [0.4, 0.5) is 0 Å². The summed E-state index contributed by atoms with van der Waals surface area (Å²) in [7, 11) is 1.76. The molecule has 1 rings (SSSR count). The Kier molecular flexibility index (Phi) is 4.46. The molecule has 1 aromatic rings. The van der Waals surface area contributed by atoms with Gasteiger partial charge >= 0.3 is 0 Å². The Labute approximate surface area is 88.2 Å². The summed E-state index contributed by atoms with van der Waals surface area (Å²) in [4.78, 5) is 0. The van der Waals surface area contributed by atoms with E-state index < -0.39 is 0 Å². The predicted octanol–water partition coefficient (Wildman–Crippen LogP) is 3.47. The minimum atomic E-state index is 0.222. The lowest BCUT2D eigenvalue weighted by atomic mass is 10.1. The van der Waals surface area contributed by atoms with Crippen LogP contribution in [0.25, 0.3) is 0 Å². The molecule has 2 heteroatoms. The van der Waals surface area contributed by atoms with Crippen molar-refractivity contribution < 1.29 is 4.74 Å². The molecule has 1 atom stereocenters. The number of aryl methyl sites for hydroxylation is 1. The topological polar surface area (TPSA) is 9.23 Å². The smallest absolute Gasteiger partial charge is 0.0829 e. The molecule has 0 amide bonds. The summed E-state index contributed by atoms with van der Waals surface area (Å²) >= 11 is 3.42. The predicted molar refractivity (Wildman–Crippen MR) is 59.3 cm³/mol. The normalized spacial score (nSPS) is 12.8. The summed E-state index contributed by atoms with van der Waals surface area (Å²) in [5.41, 5.74) is 2.55. The lowest BCUT2D eigenvalue weighted by Gasteiger charge is -2.14. The lowest BCUT2D eigenvalue weighted by Crippen LogP contribution is -2.01. The molecule has 0 aliphatic carbocycles. The molecule has 0 N–H and O–H groups in total. The van der Waals surface area contributed by atoms with Gasteiger partial charge in [-0.05, 0) is 18.9 Å². The Hall–Kier alpha value is -0.340. The number of methoxy groups -OCH3 is 1. The zero-order valence-electron chi connectivity index (χ0n) is 8.09. The molecule has 1 nitrogen and oxygen atoms in total. The summed E-state index contributed by atoms with van der Waals surface area (Å²) in [6, 6.07) is 8.50. The maximum Gasteiger partial charge on any atom is 0.0829 e. The number of rotatable bonds is 4. The molecule has 1 unspecified atom stereocenters. The van der Waals surface area contributed by atoms with E-state index in [1.165, 1.54) is 11.1 Å². The molecule has 0 heterocycles. The van der Waals surface area contributed by atoms with E-state index in [0.29, 0.717) is 0 Å². The Morgan fingerprint density at radius 3 is 2.38 bits per heavy atom. The molecule has 0 aromatic heterocycles. The van der Waals surface area contributed by atoms with Gasteiger partial charge in [-0.1, -0.05) is 45.8 Å². The van der Waals surface area contributed by atoms with Gasteiger partial charge in [0.2, 0.25) is 0 Å². The Morgan fingerprint density at radius 1 is 1.31 bits per heavy atom. The fourth-order valence-electron chi connectivity index (χ4n) is 1.30. The van der Waals surface area contributed by atoms with Crippen molar-refractivity contribution in [3.05, 3.63) is 35.4 Å². The molecule has 0 aliphatic heterocycles. The van der Waals surface area contributed by atoms with Crippen molar-refractivity contribution in [1.29, 1.82) is 0 Å². The van der Waals surface area contributed by atoms with Crippen molar-refractivity contribution in [2.24, 2.45) is 0 Å². The third-order valence-electron chi connectivity index (χ3n) is 2.10. The Morgan fingerprint density at radius 2 is 1.92 bits per heavy atom. The average molecular weight is 243 g/mol. The zero-order chi connectivity index (χ0) is 9.68. The van der Waals surface area contributed by atoms with E-state index >= 15 is 0 Å². The van der Waals surface area contributed by atoms with Crippen LogP contribution in [-0.2, 0) is 4.74 Å². The first-order chi connectivity index (χ1) is 6.27. The Bertz CT molecular complexity index is 243. The lowest BCUT2D eigenvalue weighted by molar-refractivity contribution is 0.101. The van der Waals surface area contributed by atoms with Gasteiger partial charge in [-0.2, -0.15) is 0 Å². The molecule has 72 valence electrons. The van der Waals surface area contributed by atoms with Crippen LogP contribution in [0.3, 0.4) is 0 Å². The first kappa shape index (κ1) is 10.7.